The maximum absolute atomic E-state index is 6.33. The van der Waals surface area contributed by atoms with Crippen LogP contribution in [-0.4, -0.2) is 43.5 Å². The van der Waals surface area contributed by atoms with Gasteiger partial charge in [0.15, 0.2) is 0 Å². The Balaban J connectivity index is 2.19. The van der Waals surface area contributed by atoms with Gasteiger partial charge < -0.3 is 10.2 Å². The molecule has 14 heavy (non-hydrogen) atoms. The van der Waals surface area contributed by atoms with Crippen molar-refractivity contribution >= 4 is 11.6 Å². The topological polar surface area (TPSA) is 15.3 Å². The Kier molecular flexibility index (Phi) is 5.83. The van der Waals surface area contributed by atoms with Gasteiger partial charge in [-0.3, -0.25) is 0 Å². The van der Waals surface area contributed by atoms with Gasteiger partial charge in [-0.1, -0.05) is 19.3 Å². The lowest BCUT2D eigenvalue weighted by Crippen LogP contribution is -2.39. The van der Waals surface area contributed by atoms with Crippen LogP contribution in [0.3, 0.4) is 0 Å². The number of likely N-dealkylation sites (N-methyl/N-ethyl adjacent to an activating group) is 1. The normalized spacial score (nSPS) is 29.1. The molecule has 2 nitrogen and oxygen atoms in total. The summed E-state index contributed by atoms with van der Waals surface area (Å²) < 4.78 is 0. The third-order valence-electron chi connectivity index (χ3n) is 2.90. The maximum Gasteiger partial charge on any atom is 0.0489 e. The minimum atomic E-state index is 0.347. The van der Waals surface area contributed by atoms with Crippen molar-refractivity contribution in [2.24, 2.45) is 0 Å². The van der Waals surface area contributed by atoms with Gasteiger partial charge in [0.25, 0.3) is 0 Å². The minimum Gasteiger partial charge on any atom is -0.311 e. The molecular formula is C11H23ClN2. The largest absolute Gasteiger partial charge is 0.311 e. The minimum absolute atomic E-state index is 0.347. The number of halogens is 1. The monoisotopic (exact) mass is 218 g/mol. The lowest BCUT2D eigenvalue weighted by molar-refractivity contribution is 0.373. The van der Waals surface area contributed by atoms with Crippen LogP contribution in [0.2, 0.25) is 0 Å². The Morgan fingerprint density at radius 3 is 2.64 bits per heavy atom. The van der Waals surface area contributed by atoms with Crippen LogP contribution in [0, 0.1) is 0 Å². The van der Waals surface area contributed by atoms with Crippen molar-refractivity contribution in [3.05, 3.63) is 0 Å². The van der Waals surface area contributed by atoms with Gasteiger partial charge >= 0.3 is 0 Å². The van der Waals surface area contributed by atoms with Crippen LogP contribution in [0.15, 0.2) is 0 Å². The summed E-state index contributed by atoms with van der Waals surface area (Å²) in [4.78, 5) is 2.20. The second-order valence-corrected chi connectivity index (χ2v) is 5.08. The second kappa shape index (κ2) is 6.65. The van der Waals surface area contributed by atoms with Gasteiger partial charge in [-0.25, -0.2) is 0 Å². The van der Waals surface area contributed by atoms with E-state index in [1.165, 1.54) is 32.1 Å². The first-order valence-electron chi connectivity index (χ1n) is 5.72. The SMILES string of the molecule is CN(C)CCNC1CCCCCC1Cl. The van der Waals surface area contributed by atoms with Gasteiger partial charge in [0, 0.05) is 24.5 Å². The summed E-state index contributed by atoms with van der Waals surface area (Å²) in [6.45, 7) is 2.15. The summed E-state index contributed by atoms with van der Waals surface area (Å²) in [5, 5.41) is 3.92. The lowest BCUT2D eigenvalue weighted by Gasteiger charge is -2.22. The highest BCUT2D eigenvalue weighted by molar-refractivity contribution is 6.21. The van der Waals surface area contributed by atoms with E-state index in [1.54, 1.807) is 0 Å². The molecule has 0 saturated heterocycles. The fourth-order valence-electron chi connectivity index (χ4n) is 1.97. The zero-order valence-electron chi connectivity index (χ0n) is 9.43. The van der Waals surface area contributed by atoms with E-state index in [2.05, 4.69) is 24.3 Å². The Bertz CT molecular complexity index is 150. The summed E-state index contributed by atoms with van der Waals surface area (Å²) >= 11 is 6.33. The van der Waals surface area contributed by atoms with E-state index < -0.39 is 0 Å². The molecule has 0 aromatic rings. The van der Waals surface area contributed by atoms with Crippen molar-refractivity contribution in [2.45, 2.75) is 43.5 Å². The van der Waals surface area contributed by atoms with E-state index in [1.807, 2.05) is 0 Å². The van der Waals surface area contributed by atoms with E-state index in [-0.39, 0.29) is 0 Å². The van der Waals surface area contributed by atoms with Crippen LogP contribution in [0.4, 0.5) is 0 Å². The van der Waals surface area contributed by atoms with Gasteiger partial charge in [-0.15, -0.1) is 11.6 Å². The molecule has 0 amide bonds. The van der Waals surface area contributed by atoms with Crippen molar-refractivity contribution in [1.29, 1.82) is 0 Å². The van der Waals surface area contributed by atoms with E-state index in [0.29, 0.717) is 11.4 Å². The molecule has 0 heterocycles. The van der Waals surface area contributed by atoms with Crippen LogP contribution in [-0.2, 0) is 0 Å². The molecule has 0 spiro atoms. The molecule has 0 radical (unpaired) electrons. The van der Waals surface area contributed by atoms with Crippen molar-refractivity contribution < 1.29 is 0 Å². The van der Waals surface area contributed by atoms with Gasteiger partial charge in [0.05, 0.1) is 0 Å². The number of alkyl halides is 1. The van der Waals surface area contributed by atoms with Crippen LogP contribution in [0.5, 0.6) is 0 Å². The molecule has 2 atom stereocenters. The molecule has 1 fully saturated rings. The predicted octanol–water partition coefficient (Wildman–Crippen LogP) is 2.08. The number of rotatable bonds is 4. The van der Waals surface area contributed by atoms with E-state index in [0.717, 1.165) is 13.1 Å². The van der Waals surface area contributed by atoms with Gasteiger partial charge in [-0.05, 0) is 26.9 Å². The van der Waals surface area contributed by atoms with Gasteiger partial charge in [0.1, 0.15) is 0 Å². The molecule has 0 bridgehead atoms. The van der Waals surface area contributed by atoms with Gasteiger partial charge in [0.2, 0.25) is 0 Å². The summed E-state index contributed by atoms with van der Waals surface area (Å²) in [6.07, 6.45) is 6.43. The van der Waals surface area contributed by atoms with E-state index in [9.17, 15) is 0 Å². The van der Waals surface area contributed by atoms with Gasteiger partial charge in [-0.2, -0.15) is 0 Å². The molecule has 0 aromatic carbocycles. The number of hydrogen-bond donors (Lipinski definition) is 1. The lowest BCUT2D eigenvalue weighted by atomic mass is 10.1. The molecule has 0 aromatic heterocycles. The quantitative estimate of drug-likeness (QED) is 0.574. The third kappa shape index (κ3) is 4.63. The zero-order valence-corrected chi connectivity index (χ0v) is 10.2. The number of nitrogens with one attached hydrogen (secondary N) is 1. The molecule has 1 aliphatic carbocycles. The standard InChI is InChI=1S/C11H23ClN2/c1-14(2)9-8-13-11-7-5-3-4-6-10(11)12/h10-11,13H,3-9H2,1-2H3. The molecule has 1 rings (SSSR count). The summed E-state index contributed by atoms with van der Waals surface area (Å²) in [5.41, 5.74) is 0. The highest BCUT2D eigenvalue weighted by atomic mass is 35.5. The first kappa shape index (κ1) is 12.3. The first-order valence-corrected chi connectivity index (χ1v) is 6.16. The molecule has 2 unspecified atom stereocenters. The third-order valence-corrected chi connectivity index (χ3v) is 3.42. The average Bonchev–Trinajstić information content (AvgIpc) is 2.31. The number of nitrogens with zero attached hydrogens (tertiary/aromatic N) is 1. The highest BCUT2D eigenvalue weighted by Gasteiger charge is 2.20. The zero-order chi connectivity index (χ0) is 10.4. The Morgan fingerprint density at radius 1 is 1.21 bits per heavy atom. The molecule has 84 valence electrons. The van der Waals surface area contributed by atoms with Crippen LogP contribution in [0.1, 0.15) is 32.1 Å². The molecule has 3 heteroatoms. The first-order chi connectivity index (χ1) is 6.70. The second-order valence-electron chi connectivity index (χ2n) is 4.52. The highest BCUT2D eigenvalue weighted by Crippen LogP contribution is 2.22. The fourth-order valence-corrected chi connectivity index (χ4v) is 2.34. The van der Waals surface area contributed by atoms with Crippen molar-refractivity contribution in [3.63, 3.8) is 0 Å². The summed E-state index contributed by atoms with van der Waals surface area (Å²) in [7, 11) is 4.21. The van der Waals surface area contributed by atoms with Crippen molar-refractivity contribution in [3.8, 4) is 0 Å². The van der Waals surface area contributed by atoms with E-state index in [4.69, 9.17) is 11.6 Å². The molecule has 1 saturated carbocycles. The fraction of sp³-hybridized carbons (Fsp3) is 1.00. The predicted molar refractivity (Wildman–Crippen MR) is 63.1 cm³/mol. The summed E-state index contributed by atoms with van der Waals surface area (Å²) in [6, 6.07) is 0.541. The van der Waals surface area contributed by atoms with E-state index >= 15 is 0 Å². The molecule has 1 N–H and O–H groups in total. The average molecular weight is 219 g/mol. The molecular weight excluding hydrogens is 196 g/mol. The Hall–Kier alpha value is 0.210. The van der Waals surface area contributed by atoms with Crippen LogP contribution >= 0.6 is 11.6 Å². The Morgan fingerprint density at radius 2 is 1.93 bits per heavy atom. The summed E-state index contributed by atoms with van der Waals surface area (Å²) in [5.74, 6) is 0. The maximum atomic E-state index is 6.33. The molecule has 0 aliphatic heterocycles. The van der Waals surface area contributed by atoms with Crippen molar-refractivity contribution in [2.75, 3.05) is 27.2 Å². The smallest absolute Gasteiger partial charge is 0.0489 e. The van der Waals surface area contributed by atoms with Crippen molar-refractivity contribution in [1.82, 2.24) is 10.2 Å². The molecule has 1 aliphatic rings. The number of hydrogen-bond acceptors (Lipinski definition) is 2. The van der Waals surface area contributed by atoms with Crippen LogP contribution in [0.25, 0.3) is 0 Å². The van der Waals surface area contributed by atoms with Crippen LogP contribution < -0.4 is 5.32 Å². The Labute approximate surface area is 93.0 Å².